The van der Waals surface area contributed by atoms with Crippen LogP contribution in [0.4, 0.5) is 10.5 Å². The molecule has 0 bridgehead atoms. The van der Waals surface area contributed by atoms with E-state index in [2.05, 4.69) is 20.8 Å². The van der Waals surface area contributed by atoms with E-state index in [1.54, 1.807) is 37.3 Å². The monoisotopic (exact) mass is 355 g/mol. The van der Waals surface area contributed by atoms with E-state index in [9.17, 15) is 9.59 Å². The molecular weight excluding hydrogens is 334 g/mol. The molecule has 0 saturated heterocycles. The summed E-state index contributed by atoms with van der Waals surface area (Å²) in [5.74, 6) is 1.37. The van der Waals surface area contributed by atoms with Crippen LogP contribution in [0.2, 0.25) is 0 Å². The largest absolute Gasteiger partial charge is 0.463 e. The molecule has 0 saturated carbocycles. The molecule has 2 heterocycles. The van der Waals surface area contributed by atoms with Crippen LogP contribution in [0, 0.1) is 0 Å². The molecule has 1 aliphatic heterocycles. The van der Waals surface area contributed by atoms with Crippen molar-refractivity contribution in [2.24, 2.45) is 0 Å². The number of carbonyl (C=O) groups excluding carboxylic acids is 2. The Morgan fingerprint density at radius 1 is 1.27 bits per heavy atom. The molecule has 0 radical (unpaired) electrons. The lowest BCUT2D eigenvalue weighted by molar-refractivity contribution is -0.137. The number of fused-ring (bicyclic) bond motifs is 1. The van der Waals surface area contributed by atoms with Crippen molar-refractivity contribution < 1.29 is 14.3 Å². The molecule has 2 N–H and O–H groups in total. The number of aryl methyl sites for hydroxylation is 1. The van der Waals surface area contributed by atoms with Crippen molar-refractivity contribution in [3.05, 3.63) is 47.6 Å². The predicted octanol–water partition coefficient (Wildman–Crippen LogP) is 2.12. The summed E-state index contributed by atoms with van der Waals surface area (Å²) in [6, 6.07) is 6.82. The smallest absolute Gasteiger partial charge is 0.330 e. The van der Waals surface area contributed by atoms with Gasteiger partial charge in [0.15, 0.2) is 5.82 Å². The Kier molecular flexibility index (Phi) is 5.62. The minimum absolute atomic E-state index is 0.310. The molecule has 2 amide bonds. The summed E-state index contributed by atoms with van der Waals surface area (Å²) in [5, 5.41) is 13.8. The number of nitrogens with zero attached hydrogens (tertiary/aromatic N) is 3. The Morgan fingerprint density at radius 2 is 2.08 bits per heavy atom. The van der Waals surface area contributed by atoms with Crippen LogP contribution in [0.1, 0.15) is 30.6 Å². The second-order valence-electron chi connectivity index (χ2n) is 5.80. The van der Waals surface area contributed by atoms with Crippen molar-refractivity contribution in [3.8, 4) is 0 Å². The van der Waals surface area contributed by atoms with Crippen LogP contribution < -0.4 is 10.6 Å². The third-order valence-corrected chi connectivity index (χ3v) is 3.96. The van der Waals surface area contributed by atoms with Gasteiger partial charge in [0.2, 0.25) is 0 Å². The molecule has 1 aromatic carbocycles. The number of nitrogens with one attached hydrogen (secondary N) is 2. The van der Waals surface area contributed by atoms with Gasteiger partial charge < -0.3 is 19.9 Å². The van der Waals surface area contributed by atoms with Gasteiger partial charge in [-0.15, -0.1) is 10.2 Å². The molecule has 136 valence electrons. The number of hydrogen-bond donors (Lipinski definition) is 2. The molecule has 0 fully saturated rings. The summed E-state index contributed by atoms with van der Waals surface area (Å²) in [5.41, 5.74) is 1.49. The first-order valence-corrected chi connectivity index (χ1v) is 8.56. The summed E-state index contributed by atoms with van der Waals surface area (Å²) in [6.07, 6.45) is 5.04. The Bertz CT molecular complexity index is 811. The zero-order chi connectivity index (χ0) is 18.4. The zero-order valence-electron chi connectivity index (χ0n) is 14.6. The third kappa shape index (κ3) is 4.47. The maximum Gasteiger partial charge on any atom is 0.330 e. The van der Waals surface area contributed by atoms with Gasteiger partial charge in [-0.25, -0.2) is 9.59 Å². The molecule has 3 rings (SSSR count). The van der Waals surface area contributed by atoms with Crippen LogP contribution in [0.3, 0.4) is 0 Å². The normalized spacial score (nSPS) is 12.8. The van der Waals surface area contributed by atoms with Crippen molar-refractivity contribution in [1.82, 2.24) is 20.1 Å². The average molecular weight is 355 g/mol. The number of esters is 1. The molecule has 0 spiro atoms. The molecule has 0 unspecified atom stereocenters. The quantitative estimate of drug-likeness (QED) is 0.611. The lowest BCUT2D eigenvalue weighted by atomic mass is 10.2. The highest BCUT2D eigenvalue weighted by molar-refractivity contribution is 5.89. The topological polar surface area (TPSA) is 98.1 Å². The first-order chi connectivity index (χ1) is 12.7. The van der Waals surface area contributed by atoms with Gasteiger partial charge in [-0.2, -0.15) is 0 Å². The standard InChI is InChI=1S/C18H21N5O3/c1-2-26-17(24)10-7-13-5-8-14(9-6-13)20-18(25)19-12-16-22-21-15-4-3-11-23(15)16/h5-10H,2-4,11-12H2,1H3,(H2,19,20,25)/b10-7+. The van der Waals surface area contributed by atoms with E-state index in [4.69, 9.17) is 4.74 Å². The number of ether oxygens (including phenoxy) is 1. The first kappa shape index (κ1) is 17.7. The predicted molar refractivity (Wildman–Crippen MR) is 96.3 cm³/mol. The van der Waals surface area contributed by atoms with Crippen molar-refractivity contribution in [2.75, 3.05) is 11.9 Å². The molecule has 2 aromatic rings. The van der Waals surface area contributed by atoms with Gasteiger partial charge in [0, 0.05) is 24.7 Å². The molecule has 26 heavy (non-hydrogen) atoms. The highest BCUT2D eigenvalue weighted by Crippen LogP contribution is 2.14. The summed E-state index contributed by atoms with van der Waals surface area (Å²) < 4.78 is 6.87. The van der Waals surface area contributed by atoms with Gasteiger partial charge in [-0.05, 0) is 37.1 Å². The molecule has 1 aliphatic rings. The Labute approximate surface area is 151 Å². The fourth-order valence-electron chi connectivity index (χ4n) is 2.71. The van der Waals surface area contributed by atoms with Crippen molar-refractivity contribution in [1.29, 1.82) is 0 Å². The van der Waals surface area contributed by atoms with Crippen LogP contribution in [0.15, 0.2) is 30.3 Å². The molecule has 0 atom stereocenters. The molecule has 1 aromatic heterocycles. The number of hydrogen-bond acceptors (Lipinski definition) is 5. The van der Waals surface area contributed by atoms with Crippen molar-refractivity contribution in [2.45, 2.75) is 32.9 Å². The van der Waals surface area contributed by atoms with E-state index < -0.39 is 0 Å². The number of rotatable bonds is 6. The first-order valence-electron chi connectivity index (χ1n) is 8.56. The van der Waals surface area contributed by atoms with Gasteiger partial charge in [0.05, 0.1) is 13.2 Å². The molecule has 8 heteroatoms. The molecule has 8 nitrogen and oxygen atoms in total. The zero-order valence-corrected chi connectivity index (χ0v) is 14.6. The molecular formula is C18H21N5O3. The van der Waals surface area contributed by atoms with E-state index >= 15 is 0 Å². The van der Waals surface area contributed by atoms with Gasteiger partial charge in [-0.1, -0.05) is 12.1 Å². The maximum absolute atomic E-state index is 12.0. The number of amides is 2. The Balaban J connectivity index is 1.49. The van der Waals surface area contributed by atoms with Crippen LogP contribution in [0.25, 0.3) is 6.08 Å². The van der Waals surface area contributed by atoms with Crippen molar-refractivity contribution >= 4 is 23.8 Å². The van der Waals surface area contributed by atoms with E-state index in [0.717, 1.165) is 36.6 Å². The van der Waals surface area contributed by atoms with E-state index in [1.807, 2.05) is 4.57 Å². The summed E-state index contributed by atoms with van der Waals surface area (Å²) in [7, 11) is 0. The number of anilines is 1. The average Bonchev–Trinajstić information content (AvgIpc) is 3.24. The lowest BCUT2D eigenvalue weighted by Crippen LogP contribution is -2.29. The minimum Gasteiger partial charge on any atom is -0.463 e. The van der Waals surface area contributed by atoms with E-state index in [1.165, 1.54) is 6.08 Å². The van der Waals surface area contributed by atoms with Crippen LogP contribution in [0.5, 0.6) is 0 Å². The van der Waals surface area contributed by atoms with Crippen LogP contribution in [-0.4, -0.2) is 33.4 Å². The van der Waals surface area contributed by atoms with Crippen LogP contribution >= 0.6 is 0 Å². The highest BCUT2D eigenvalue weighted by Gasteiger charge is 2.17. The number of benzene rings is 1. The SMILES string of the molecule is CCOC(=O)/C=C/c1ccc(NC(=O)NCc2nnc3n2CCC3)cc1. The maximum atomic E-state index is 12.0. The number of carbonyl (C=O) groups is 2. The fraction of sp³-hybridized carbons (Fsp3) is 0.333. The van der Waals surface area contributed by atoms with Crippen LogP contribution in [-0.2, 0) is 29.0 Å². The lowest BCUT2D eigenvalue weighted by Gasteiger charge is -2.08. The van der Waals surface area contributed by atoms with Gasteiger partial charge >= 0.3 is 12.0 Å². The summed E-state index contributed by atoms with van der Waals surface area (Å²) >= 11 is 0. The van der Waals surface area contributed by atoms with E-state index in [0.29, 0.717) is 18.8 Å². The highest BCUT2D eigenvalue weighted by atomic mass is 16.5. The Morgan fingerprint density at radius 3 is 2.85 bits per heavy atom. The minimum atomic E-state index is -0.381. The van der Waals surface area contributed by atoms with Gasteiger partial charge in [-0.3, -0.25) is 0 Å². The number of aromatic nitrogens is 3. The second-order valence-corrected chi connectivity index (χ2v) is 5.80. The fourth-order valence-corrected chi connectivity index (χ4v) is 2.71. The van der Waals surface area contributed by atoms with Gasteiger partial charge in [0.1, 0.15) is 5.82 Å². The molecule has 0 aliphatic carbocycles. The third-order valence-electron chi connectivity index (χ3n) is 3.96. The van der Waals surface area contributed by atoms with Gasteiger partial charge in [0.25, 0.3) is 0 Å². The van der Waals surface area contributed by atoms with E-state index in [-0.39, 0.29) is 12.0 Å². The van der Waals surface area contributed by atoms with Crippen molar-refractivity contribution in [3.63, 3.8) is 0 Å². The summed E-state index contributed by atoms with van der Waals surface area (Å²) in [4.78, 5) is 23.3. The Hall–Kier alpha value is -3.16. The summed E-state index contributed by atoms with van der Waals surface area (Å²) in [6.45, 7) is 3.34. The number of urea groups is 1. The second kappa shape index (κ2) is 8.28.